The molecule has 0 radical (unpaired) electrons. The van der Waals surface area contributed by atoms with Gasteiger partial charge in [-0.25, -0.2) is 15.0 Å². The molecule has 1 atom stereocenters. The molecule has 3 aromatic heterocycles. The van der Waals surface area contributed by atoms with Crippen LogP contribution < -0.4 is 10.2 Å². The van der Waals surface area contributed by atoms with Crippen molar-refractivity contribution in [2.45, 2.75) is 25.9 Å². The third-order valence-electron chi connectivity index (χ3n) is 3.43. The molecule has 0 aliphatic carbocycles. The predicted octanol–water partition coefficient (Wildman–Crippen LogP) is 0.944. The normalized spacial score (nSPS) is 12.1. The van der Waals surface area contributed by atoms with E-state index in [1.54, 1.807) is 6.33 Å². The molecular weight excluding hydrogens is 320 g/mol. The minimum atomic E-state index is 0. The lowest BCUT2D eigenvalue weighted by atomic mass is 10.2. The maximum atomic E-state index is 5.30. The van der Waals surface area contributed by atoms with Gasteiger partial charge in [0.1, 0.15) is 11.8 Å². The minimum absolute atomic E-state index is 0. The quantitative estimate of drug-likeness (QED) is 0.683. The molecule has 0 spiro atoms. The van der Waals surface area contributed by atoms with E-state index in [4.69, 9.17) is 4.52 Å². The number of hydrogen-bond acceptors (Lipinski definition) is 8. The van der Waals surface area contributed by atoms with Gasteiger partial charge in [-0.1, -0.05) is 5.16 Å². The zero-order valence-electron chi connectivity index (χ0n) is 13.1. The number of aromatic amines is 1. The number of hydrogen-bond donors (Lipinski definition) is 2. The summed E-state index contributed by atoms with van der Waals surface area (Å²) in [5, 5.41) is 7.14. The third-order valence-corrected chi connectivity index (χ3v) is 3.43. The highest BCUT2D eigenvalue weighted by Gasteiger charge is 2.15. The average molecular weight is 339 g/mol. The van der Waals surface area contributed by atoms with Crippen molar-refractivity contribution in [3.05, 3.63) is 24.4 Å². The second-order valence-corrected chi connectivity index (χ2v) is 5.15. The van der Waals surface area contributed by atoms with Crippen LogP contribution in [0.4, 0.5) is 5.82 Å². The van der Waals surface area contributed by atoms with Crippen molar-refractivity contribution in [1.29, 1.82) is 0 Å². The molecule has 0 aromatic carbocycles. The Morgan fingerprint density at radius 2 is 2.17 bits per heavy atom. The molecule has 0 fully saturated rings. The zero-order chi connectivity index (χ0) is 15.5. The van der Waals surface area contributed by atoms with Crippen molar-refractivity contribution in [1.82, 2.24) is 35.4 Å². The Bertz CT molecular complexity index is 757. The molecule has 1 unspecified atom stereocenters. The molecule has 0 bridgehead atoms. The van der Waals surface area contributed by atoms with E-state index in [0.717, 1.165) is 17.8 Å². The number of rotatable bonds is 6. The van der Waals surface area contributed by atoms with Crippen LogP contribution in [0, 0.1) is 0 Å². The third kappa shape index (κ3) is 3.74. The number of H-pyrrole nitrogens is 1. The first kappa shape index (κ1) is 17.1. The molecule has 3 aromatic rings. The van der Waals surface area contributed by atoms with Crippen molar-refractivity contribution >= 4 is 29.4 Å². The number of anilines is 1. The van der Waals surface area contributed by atoms with Gasteiger partial charge in [0.2, 0.25) is 5.89 Å². The lowest BCUT2D eigenvalue weighted by Gasteiger charge is -2.15. The van der Waals surface area contributed by atoms with Gasteiger partial charge in [-0.3, -0.25) is 0 Å². The highest BCUT2D eigenvalue weighted by molar-refractivity contribution is 5.85. The molecule has 0 aliphatic heterocycles. The second-order valence-electron chi connectivity index (χ2n) is 5.15. The summed E-state index contributed by atoms with van der Waals surface area (Å²) < 4.78 is 5.30. The molecule has 23 heavy (non-hydrogen) atoms. The first-order valence-corrected chi connectivity index (χ1v) is 7.01. The van der Waals surface area contributed by atoms with E-state index in [9.17, 15) is 0 Å². The van der Waals surface area contributed by atoms with Crippen molar-refractivity contribution in [3.8, 4) is 0 Å². The minimum Gasteiger partial charge on any atom is -0.348 e. The fourth-order valence-electron chi connectivity index (χ4n) is 2.13. The summed E-state index contributed by atoms with van der Waals surface area (Å²) in [6.45, 7) is 2.53. The van der Waals surface area contributed by atoms with Crippen molar-refractivity contribution < 1.29 is 4.52 Å². The van der Waals surface area contributed by atoms with Gasteiger partial charge in [0.25, 0.3) is 0 Å². The Morgan fingerprint density at radius 1 is 1.35 bits per heavy atom. The molecule has 0 amide bonds. The van der Waals surface area contributed by atoms with E-state index in [-0.39, 0.29) is 12.4 Å². The van der Waals surface area contributed by atoms with E-state index in [2.05, 4.69) is 42.3 Å². The molecule has 2 N–H and O–H groups in total. The van der Waals surface area contributed by atoms with Gasteiger partial charge in [0.05, 0.1) is 12.9 Å². The van der Waals surface area contributed by atoms with Crippen molar-refractivity contribution in [3.63, 3.8) is 0 Å². The Balaban J connectivity index is 0.00000192. The van der Waals surface area contributed by atoms with E-state index in [1.165, 1.54) is 6.33 Å². The number of imidazole rings is 1. The topological polar surface area (TPSA) is 109 Å². The fraction of sp³-hybridized carbons (Fsp3) is 0.462. The zero-order valence-corrected chi connectivity index (χ0v) is 14.0. The Hall–Kier alpha value is -2.26. The maximum absolute atomic E-state index is 5.30. The van der Waals surface area contributed by atoms with Gasteiger partial charge in [0, 0.05) is 19.5 Å². The maximum Gasteiger partial charge on any atom is 0.246 e. The van der Waals surface area contributed by atoms with Crippen LogP contribution in [0.3, 0.4) is 0 Å². The largest absolute Gasteiger partial charge is 0.348 e. The number of nitrogens with zero attached hydrogens (tertiary/aromatic N) is 6. The summed E-state index contributed by atoms with van der Waals surface area (Å²) >= 11 is 0. The van der Waals surface area contributed by atoms with Crippen LogP contribution in [-0.2, 0) is 13.0 Å². The van der Waals surface area contributed by atoms with Crippen molar-refractivity contribution in [2.75, 3.05) is 19.0 Å². The fourth-order valence-corrected chi connectivity index (χ4v) is 2.13. The first-order chi connectivity index (χ1) is 10.7. The van der Waals surface area contributed by atoms with Crippen LogP contribution in [0.25, 0.3) is 11.2 Å². The number of fused-ring (bicyclic) bond motifs is 1. The van der Waals surface area contributed by atoms with Crippen LogP contribution in [0.1, 0.15) is 18.6 Å². The lowest BCUT2D eigenvalue weighted by molar-refractivity contribution is 0.370. The van der Waals surface area contributed by atoms with Gasteiger partial charge in [-0.05, 0) is 14.0 Å². The number of aromatic nitrogens is 6. The summed E-state index contributed by atoms with van der Waals surface area (Å²) in [5.41, 5.74) is 1.42. The van der Waals surface area contributed by atoms with Crippen molar-refractivity contribution in [2.24, 2.45) is 0 Å². The second kappa shape index (κ2) is 7.34. The summed E-state index contributed by atoms with van der Waals surface area (Å²) in [7, 11) is 3.81. The summed E-state index contributed by atoms with van der Waals surface area (Å²) in [6.07, 6.45) is 3.81. The van der Waals surface area contributed by atoms with Crippen LogP contribution in [0.5, 0.6) is 0 Å². The van der Waals surface area contributed by atoms with Gasteiger partial charge < -0.3 is 19.7 Å². The smallest absolute Gasteiger partial charge is 0.246 e. The molecule has 0 saturated carbocycles. The van der Waals surface area contributed by atoms with Crippen LogP contribution >= 0.6 is 12.4 Å². The van der Waals surface area contributed by atoms with Gasteiger partial charge in [0.15, 0.2) is 17.3 Å². The van der Waals surface area contributed by atoms with Gasteiger partial charge in [-0.2, -0.15) is 4.98 Å². The molecule has 0 aliphatic rings. The van der Waals surface area contributed by atoms with E-state index in [1.807, 2.05) is 19.0 Å². The van der Waals surface area contributed by atoms with Gasteiger partial charge in [-0.15, -0.1) is 12.4 Å². The predicted molar refractivity (Wildman–Crippen MR) is 87.6 cm³/mol. The first-order valence-electron chi connectivity index (χ1n) is 7.01. The molecule has 124 valence electrons. The Labute approximate surface area is 139 Å². The standard InChI is InChI=1S/C13H18N8O.ClH/c1-8(14-2)4-9-19-10(22-20-9)5-21(3)13-11-12(16-6-15-11)17-7-18-13;/h6-8,14H,4-5H2,1-3H3,(H,15,16,17,18);1H. The van der Waals surface area contributed by atoms with Crippen LogP contribution in [0.2, 0.25) is 0 Å². The van der Waals surface area contributed by atoms with Crippen LogP contribution in [0.15, 0.2) is 17.2 Å². The molecule has 0 saturated heterocycles. The molecule has 10 heteroatoms. The van der Waals surface area contributed by atoms with E-state index >= 15 is 0 Å². The number of likely N-dealkylation sites (N-methyl/N-ethyl adjacent to an activating group) is 1. The van der Waals surface area contributed by atoms with Gasteiger partial charge >= 0.3 is 0 Å². The Kier molecular flexibility index (Phi) is 5.45. The lowest BCUT2D eigenvalue weighted by Crippen LogP contribution is -2.24. The average Bonchev–Trinajstić information content (AvgIpc) is 3.15. The van der Waals surface area contributed by atoms with E-state index < -0.39 is 0 Å². The Morgan fingerprint density at radius 3 is 2.96 bits per heavy atom. The van der Waals surface area contributed by atoms with Crippen LogP contribution in [-0.4, -0.2) is 50.2 Å². The number of nitrogens with one attached hydrogen (secondary N) is 2. The molecule has 3 heterocycles. The summed E-state index contributed by atoms with van der Waals surface area (Å²) in [6, 6.07) is 0.301. The van der Waals surface area contributed by atoms with E-state index in [0.29, 0.717) is 29.9 Å². The summed E-state index contributed by atoms with van der Waals surface area (Å²) in [4.78, 5) is 21.9. The summed E-state index contributed by atoms with van der Waals surface area (Å²) in [5.74, 6) is 1.98. The highest BCUT2D eigenvalue weighted by atomic mass is 35.5. The SMILES string of the molecule is CNC(C)Cc1noc(CN(C)c2ncnc3nc[nH]c23)n1.Cl. The number of halogens is 1. The molecular formula is C13H19ClN8O. The highest BCUT2D eigenvalue weighted by Crippen LogP contribution is 2.19. The monoisotopic (exact) mass is 338 g/mol. The molecule has 9 nitrogen and oxygen atoms in total. The molecule has 3 rings (SSSR count).